The number of aromatic amines is 1. The van der Waals surface area contributed by atoms with Gasteiger partial charge in [0.2, 0.25) is 0 Å². The van der Waals surface area contributed by atoms with E-state index in [-0.39, 0.29) is 0 Å². The van der Waals surface area contributed by atoms with Crippen LogP contribution >= 0.6 is 0 Å². The first kappa shape index (κ1) is 13.4. The van der Waals surface area contributed by atoms with Crippen LogP contribution in [-0.4, -0.2) is 9.97 Å². The molecule has 0 aliphatic heterocycles. The second kappa shape index (κ2) is 6.23. The van der Waals surface area contributed by atoms with Gasteiger partial charge in [0, 0.05) is 35.3 Å². The van der Waals surface area contributed by atoms with Crippen LogP contribution in [-0.2, 0) is 6.42 Å². The van der Waals surface area contributed by atoms with Gasteiger partial charge in [0.25, 0.3) is 0 Å². The Bertz CT molecular complexity index is 766. The third-order valence-electron chi connectivity index (χ3n) is 3.73. The topological polar surface area (TPSA) is 52.5 Å². The second-order valence-electron chi connectivity index (χ2n) is 5.13. The summed E-state index contributed by atoms with van der Waals surface area (Å²) in [5, 5.41) is 9.93. The minimum atomic E-state index is 0.630. The Kier molecular flexibility index (Phi) is 3.97. The first-order valence-corrected chi connectivity index (χ1v) is 7.27. The van der Waals surface area contributed by atoms with E-state index in [2.05, 4.69) is 40.3 Å². The molecule has 0 unspecified atom stereocenters. The molecule has 0 fully saturated rings. The van der Waals surface area contributed by atoms with Gasteiger partial charge in [-0.1, -0.05) is 18.2 Å². The number of hydrogen-bond donors (Lipinski definition) is 1. The van der Waals surface area contributed by atoms with Crippen molar-refractivity contribution in [2.24, 2.45) is 0 Å². The maximum atomic E-state index is 8.66. The van der Waals surface area contributed by atoms with E-state index in [1.54, 1.807) is 6.20 Å². The molecule has 21 heavy (non-hydrogen) atoms. The summed E-state index contributed by atoms with van der Waals surface area (Å²) in [6.07, 6.45) is 7.27. The fourth-order valence-electron chi connectivity index (χ4n) is 2.72. The quantitative estimate of drug-likeness (QED) is 0.698. The molecule has 3 aromatic rings. The van der Waals surface area contributed by atoms with Gasteiger partial charge in [-0.25, -0.2) is 0 Å². The Morgan fingerprint density at radius 3 is 2.81 bits per heavy atom. The van der Waals surface area contributed by atoms with E-state index in [0.717, 1.165) is 36.0 Å². The van der Waals surface area contributed by atoms with Crippen LogP contribution in [0.1, 0.15) is 24.8 Å². The van der Waals surface area contributed by atoms with Crippen molar-refractivity contribution in [1.82, 2.24) is 9.97 Å². The minimum Gasteiger partial charge on any atom is -0.354 e. The van der Waals surface area contributed by atoms with Crippen molar-refractivity contribution in [3.8, 4) is 17.3 Å². The summed E-state index contributed by atoms with van der Waals surface area (Å²) in [5.41, 5.74) is 4.76. The van der Waals surface area contributed by atoms with Crippen molar-refractivity contribution in [3.05, 3.63) is 54.4 Å². The average molecular weight is 275 g/mol. The molecule has 3 heteroatoms. The summed E-state index contributed by atoms with van der Waals surface area (Å²) in [5.74, 6) is 0. The number of H-pyrrole nitrogens is 1. The number of nitrogens with one attached hydrogen (secondary N) is 1. The third-order valence-corrected chi connectivity index (χ3v) is 3.73. The monoisotopic (exact) mass is 275 g/mol. The van der Waals surface area contributed by atoms with Crippen LogP contribution in [0.5, 0.6) is 0 Å². The van der Waals surface area contributed by atoms with Crippen molar-refractivity contribution < 1.29 is 0 Å². The Morgan fingerprint density at radius 1 is 1.10 bits per heavy atom. The number of para-hydroxylation sites is 1. The highest BCUT2D eigenvalue weighted by Gasteiger charge is 2.12. The van der Waals surface area contributed by atoms with E-state index in [0.29, 0.717) is 6.42 Å². The van der Waals surface area contributed by atoms with Gasteiger partial charge in [0.05, 0.1) is 11.8 Å². The third kappa shape index (κ3) is 2.80. The molecule has 0 saturated carbocycles. The molecule has 1 N–H and O–H groups in total. The van der Waals surface area contributed by atoms with Crippen LogP contribution in [0, 0.1) is 11.3 Å². The SMILES string of the molecule is N#CCCCCc1c(-c2cccnc2)[nH]c2ccccc12. The van der Waals surface area contributed by atoms with E-state index < -0.39 is 0 Å². The zero-order valence-electron chi connectivity index (χ0n) is 11.8. The molecule has 0 aliphatic carbocycles. The maximum Gasteiger partial charge on any atom is 0.0621 e. The lowest BCUT2D eigenvalue weighted by Gasteiger charge is -2.04. The van der Waals surface area contributed by atoms with Gasteiger partial charge in [-0.3, -0.25) is 4.98 Å². The number of unbranched alkanes of at least 4 members (excludes halogenated alkanes) is 2. The molecular weight excluding hydrogens is 258 g/mol. The highest BCUT2D eigenvalue weighted by molar-refractivity contribution is 5.90. The molecule has 1 aromatic carbocycles. The van der Waals surface area contributed by atoms with Crippen LogP contribution in [0.2, 0.25) is 0 Å². The van der Waals surface area contributed by atoms with Gasteiger partial charge in [0.15, 0.2) is 0 Å². The molecule has 0 saturated heterocycles. The predicted molar refractivity (Wildman–Crippen MR) is 84.7 cm³/mol. The molecule has 2 aromatic heterocycles. The molecule has 2 heterocycles. The van der Waals surface area contributed by atoms with E-state index in [1.807, 2.05) is 18.3 Å². The molecule has 3 nitrogen and oxygen atoms in total. The van der Waals surface area contributed by atoms with E-state index in [1.165, 1.54) is 10.9 Å². The highest BCUT2D eigenvalue weighted by Crippen LogP contribution is 2.31. The fraction of sp³-hybridized carbons (Fsp3) is 0.222. The first-order valence-electron chi connectivity index (χ1n) is 7.27. The smallest absolute Gasteiger partial charge is 0.0621 e. The van der Waals surface area contributed by atoms with Crippen molar-refractivity contribution in [1.29, 1.82) is 5.26 Å². The Hall–Kier alpha value is -2.60. The van der Waals surface area contributed by atoms with Crippen molar-refractivity contribution in [2.45, 2.75) is 25.7 Å². The van der Waals surface area contributed by atoms with Crippen molar-refractivity contribution >= 4 is 10.9 Å². The molecule has 0 spiro atoms. The Balaban J connectivity index is 2.00. The number of benzene rings is 1. The average Bonchev–Trinajstić information content (AvgIpc) is 2.91. The first-order chi connectivity index (χ1) is 10.4. The van der Waals surface area contributed by atoms with E-state index in [9.17, 15) is 0 Å². The number of fused-ring (bicyclic) bond motifs is 1. The molecule has 0 radical (unpaired) electrons. The minimum absolute atomic E-state index is 0.630. The number of rotatable bonds is 5. The van der Waals surface area contributed by atoms with Gasteiger partial charge in [0.1, 0.15) is 0 Å². The summed E-state index contributed by atoms with van der Waals surface area (Å²) in [7, 11) is 0. The number of aromatic nitrogens is 2. The molecule has 0 aliphatic rings. The number of nitrogens with zero attached hydrogens (tertiary/aromatic N) is 2. The molecule has 0 amide bonds. The van der Waals surface area contributed by atoms with E-state index >= 15 is 0 Å². The summed E-state index contributed by atoms with van der Waals surface area (Å²) >= 11 is 0. The Morgan fingerprint density at radius 2 is 2.00 bits per heavy atom. The second-order valence-corrected chi connectivity index (χ2v) is 5.13. The van der Waals surface area contributed by atoms with Crippen LogP contribution in [0.15, 0.2) is 48.8 Å². The van der Waals surface area contributed by atoms with E-state index in [4.69, 9.17) is 5.26 Å². The van der Waals surface area contributed by atoms with Crippen LogP contribution < -0.4 is 0 Å². The molecule has 0 bridgehead atoms. The van der Waals surface area contributed by atoms with Crippen LogP contribution in [0.25, 0.3) is 22.2 Å². The zero-order valence-corrected chi connectivity index (χ0v) is 11.8. The number of nitriles is 1. The van der Waals surface area contributed by atoms with Gasteiger partial charge >= 0.3 is 0 Å². The fourth-order valence-corrected chi connectivity index (χ4v) is 2.72. The summed E-state index contributed by atoms with van der Waals surface area (Å²) < 4.78 is 0. The number of hydrogen-bond acceptors (Lipinski definition) is 2. The lowest BCUT2D eigenvalue weighted by atomic mass is 10.0. The van der Waals surface area contributed by atoms with Crippen molar-refractivity contribution in [3.63, 3.8) is 0 Å². The van der Waals surface area contributed by atoms with Gasteiger partial charge in [-0.15, -0.1) is 0 Å². The molecule has 0 atom stereocenters. The molecular formula is C18H17N3. The van der Waals surface area contributed by atoms with Gasteiger partial charge in [-0.05, 0) is 43.0 Å². The standard InChI is InChI=1S/C18H17N3/c19-11-5-1-2-9-16-15-8-3-4-10-17(15)21-18(16)14-7-6-12-20-13-14/h3-4,6-8,10,12-13,21H,1-2,5,9H2. The summed E-state index contributed by atoms with van der Waals surface area (Å²) in [4.78, 5) is 7.74. The van der Waals surface area contributed by atoms with Gasteiger partial charge in [-0.2, -0.15) is 5.26 Å². The molecule has 3 rings (SSSR count). The lowest BCUT2D eigenvalue weighted by molar-refractivity contribution is 0.756. The maximum absolute atomic E-state index is 8.66. The highest BCUT2D eigenvalue weighted by atomic mass is 14.7. The normalized spacial score (nSPS) is 10.6. The van der Waals surface area contributed by atoms with Crippen molar-refractivity contribution in [2.75, 3.05) is 0 Å². The van der Waals surface area contributed by atoms with Crippen LogP contribution in [0.4, 0.5) is 0 Å². The Labute approximate surface area is 124 Å². The number of pyridine rings is 1. The summed E-state index contributed by atoms with van der Waals surface area (Å²) in [6, 6.07) is 14.6. The molecule has 104 valence electrons. The van der Waals surface area contributed by atoms with Crippen LogP contribution in [0.3, 0.4) is 0 Å². The summed E-state index contributed by atoms with van der Waals surface area (Å²) in [6.45, 7) is 0. The van der Waals surface area contributed by atoms with Gasteiger partial charge < -0.3 is 4.98 Å². The largest absolute Gasteiger partial charge is 0.354 e. The predicted octanol–water partition coefficient (Wildman–Crippen LogP) is 4.47. The zero-order chi connectivity index (χ0) is 14.5. The number of aryl methyl sites for hydroxylation is 1. The lowest BCUT2D eigenvalue weighted by Crippen LogP contribution is -1.89.